The van der Waals surface area contributed by atoms with E-state index in [2.05, 4.69) is 0 Å². The van der Waals surface area contributed by atoms with Gasteiger partial charge in [0.2, 0.25) is 0 Å². The standard InChI is InChI=1S/C27H26N2O4/c1-4-33-22-16-12-19(13-17-22)25(30)23-24(18-10-14-20(15-11-18)28(2)3)29(27(32)26(23)31)21-8-6-5-7-9-21/h5-17,24,30H,4H2,1-3H3/b25-23-. The maximum Gasteiger partial charge on any atom is 0.300 e. The Bertz CT molecular complexity index is 1180. The van der Waals surface area contributed by atoms with Crippen LogP contribution in [0.1, 0.15) is 24.1 Å². The van der Waals surface area contributed by atoms with Crippen molar-refractivity contribution in [1.82, 2.24) is 0 Å². The molecule has 3 aromatic carbocycles. The normalized spacial score (nSPS) is 17.3. The van der Waals surface area contributed by atoms with Crippen LogP contribution in [-0.2, 0) is 9.59 Å². The van der Waals surface area contributed by atoms with Crippen LogP contribution in [0.15, 0.2) is 84.4 Å². The zero-order valence-electron chi connectivity index (χ0n) is 18.9. The molecule has 0 radical (unpaired) electrons. The van der Waals surface area contributed by atoms with Gasteiger partial charge in [0.25, 0.3) is 11.7 Å². The molecule has 1 atom stereocenters. The van der Waals surface area contributed by atoms with Crippen LogP contribution in [0.4, 0.5) is 11.4 Å². The summed E-state index contributed by atoms with van der Waals surface area (Å²) >= 11 is 0. The van der Waals surface area contributed by atoms with E-state index in [0.29, 0.717) is 23.6 Å². The second kappa shape index (κ2) is 9.20. The molecule has 168 valence electrons. The molecule has 33 heavy (non-hydrogen) atoms. The van der Waals surface area contributed by atoms with E-state index in [1.54, 1.807) is 36.4 Å². The second-order valence-electron chi connectivity index (χ2n) is 7.95. The highest BCUT2D eigenvalue weighted by Crippen LogP contribution is 2.42. The first-order valence-electron chi connectivity index (χ1n) is 10.8. The molecule has 0 aromatic heterocycles. The highest BCUT2D eigenvalue weighted by atomic mass is 16.5. The number of benzene rings is 3. The number of Topliss-reactive ketones (excluding diaryl/α,β-unsaturated/α-hetero) is 1. The number of carbonyl (C=O) groups excluding carboxylic acids is 2. The van der Waals surface area contributed by atoms with Crippen molar-refractivity contribution in [2.45, 2.75) is 13.0 Å². The summed E-state index contributed by atoms with van der Waals surface area (Å²) in [5.41, 5.74) is 2.81. The first-order chi connectivity index (χ1) is 15.9. The summed E-state index contributed by atoms with van der Waals surface area (Å²) < 4.78 is 5.47. The van der Waals surface area contributed by atoms with Crippen LogP contribution >= 0.6 is 0 Å². The number of hydrogen-bond acceptors (Lipinski definition) is 5. The lowest BCUT2D eigenvalue weighted by Gasteiger charge is -2.26. The fourth-order valence-corrected chi connectivity index (χ4v) is 3.99. The highest BCUT2D eigenvalue weighted by Gasteiger charge is 2.46. The second-order valence-corrected chi connectivity index (χ2v) is 7.95. The molecule has 0 spiro atoms. The molecule has 1 fully saturated rings. The van der Waals surface area contributed by atoms with Crippen LogP contribution in [0, 0.1) is 0 Å². The molecule has 1 heterocycles. The number of ether oxygens (including phenoxy) is 1. The topological polar surface area (TPSA) is 70.1 Å². The molecule has 1 aliphatic rings. The van der Waals surface area contributed by atoms with Crippen molar-refractivity contribution in [3.05, 3.63) is 95.6 Å². The smallest absolute Gasteiger partial charge is 0.300 e. The Morgan fingerprint density at radius 2 is 1.58 bits per heavy atom. The first-order valence-corrected chi connectivity index (χ1v) is 10.8. The molecule has 1 unspecified atom stereocenters. The molecular formula is C27H26N2O4. The third-order valence-electron chi connectivity index (χ3n) is 5.64. The van der Waals surface area contributed by atoms with Gasteiger partial charge in [0.15, 0.2) is 0 Å². The number of aliphatic hydroxyl groups excluding tert-OH is 1. The van der Waals surface area contributed by atoms with Gasteiger partial charge in [-0.05, 0) is 61.0 Å². The Morgan fingerprint density at radius 3 is 2.15 bits per heavy atom. The average Bonchev–Trinajstić information content (AvgIpc) is 3.10. The maximum absolute atomic E-state index is 13.2. The minimum atomic E-state index is -0.754. The average molecular weight is 443 g/mol. The van der Waals surface area contributed by atoms with E-state index < -0.39 is 17.7 Å². The van der Waals surface area contributed by atoms with Crippen LogP contribution in [0.3, 0.4) is 0 Å². The van der Waals surface area contributed by atoms with E-state index in [4.69, 9.17) is 4.74 Å². The lowest BCUT2D eigenvalue weighted by molar-refractivity contribution is -0.132. The monoisotopic (exact) mass is 442 g/mol. The number of rotatable bonds is 6. The van der Waals surface area contributed by atoms with Gasteiger partial charge in [-0.2, -0.15) is 0 Å². The molecular weight excluding hydrogens is 416 g/mol. The van der Waals surface area contributed by atoms with Crippen molar-refractivity contribution in [2.75, 3.05) is 30.5 Å². The molecule has 1 N–H and O–H groups in total. The Morgan fingerprint density at radius 1 is 0.939 bits per heavy atom. The number of nitrogens with zero attached hydrogens (tertiary/aromatic N) is 2. The number of hydrogen-bond donors (Lipinski definition) is 1. The van der Waals surface area contributed by atoms with Gasteiger partial charge in [-0.3, -0.25) is 14.5 Å². The summed E-state index contributed by atoms with van der Waals surface area (Å²) in [5.74, 6) is -0.937. The number of carbonyl (C=O) groups is 2. The molecule has 1 amide bonds. The van der Waals surface area contributed by atoms with Gasteiger partial charge in [-0.1, -0.05) is 30.3 Å². The van der Waals surface area contributed by atoms with Gasteiger partial charge in [0.1, 0.15) is 11.5 Å². The summed E-state index contributed by atoms with van der Waals surface area (Å²) in [5, 5.41) is 11.2. The van der Waals surface area contributed by atoms with Gasteiger partial charge in [0.05, 0.1) is 18.2 Å². The van der Waals surface area contributed by atoms with Gasteiger partial charge in [-0.25, -0.2) is 0 Å². The summed E-state index contributed by atoms with van der Waals surface area (Å²) in [6, 6.07) is 22.7. The fourth-order valence-electron chi connectivity index (χ4n) is 3.99. The molecule has 1 aliphatic heterocycles. The molecule has 3 aromatic rings. The van der Waals surface area contributed by atoms with E-state index in [9.17, 15) is 14.7 Å². The lowest BCUT2D eigenvalue weighted by Crippen LogP contribution is -2.29. The van der Waals surface area contributed by atoms with Gasteiger partial charge in [-0.15, -0.1) is 0 Å². The molecule has 6 heteroatoms. The fraction of sp³-hybridized carbons (Fsp3) is 0.185. The van der Waals surface area contributed by atoms with Crippen LogP contribution in [0.25, 0.3) is 5.76 Å². The molecule has 4 rings (SSSR count). The Kier molecular flexibility index (Phi) is 6.18. The van der Waals surface area contributed by atoms with Gasteiger partial charge >= 0.3 is 0 Å². The predicted octanol–water partition coefficient (Wildman–Crippen LogP) is 4.78. The van der Waals surface area contributed by atoms with E-state index in [1.165, 1.54) is 4.90 Å². The minimum absolute atomic E-state index is 0.0608. The Hall–Kier alpha value is -4.06. The van der Waals surface area contributed by atoms with Crippen LogP contribution < -0.4 is 14.5 Å². The third kappa shape index (κ3) is 4.20. The number of amides is 1. The van der Waals surface area contributed by atoms with Crippen molar-refractivity contribution in [1.29, 1.82) is 0 Å². The number of anilines is 2. The molecule has 6 nitrogen and oxygen atoms in total. The number of para-hydroxylation sites is 1. The lowest BCUT2D eigenvalue weighted by atomic mass is 9.95. The molecule has 1 saturated heterocycles. The third-order valence-corrected chi connectivity index (χ3v) is 5.64. The van der Waals surface area contributed by atoms with Gasteiger partial charge < -0.3 is 14.7 Å². The summed E-state index contributed by atoms with van der Waals surface area (Å²) in [7, 11) is 3.88. The molecule has 0 saturated carbocycles. The molecule has 0 aliphatic carbocycles. The van der Waals surface area contributed by atoms with Crippen LogP contribution in [0.2, 0.25) is 0 Å². The molecule has 0 bridgehead atoms. The summed E-state index contributed by atoms with van der Waals surface area (Å²) in [4.78, 5) is 29.8. The van der Waals surface area contributed by atoms with E-state index in [-0.39, 0.29) is 11.3 Å². The van der Waals surface area contributed by atoms with E-state index in [0.717, 1.165) is 11.3 Å². The van der Waals surface area contributed by atoms with Crippen molar-refractivity contribution >= 4 is 28.8 Å². The summed E-state index contributed by atoms with van der Waals surface area (Å²) in [6.45, 7) is 2.41. The SMILES string of the molecule is CCOc1ccc(/C(O)=C2/C(=O)C(=O)N(c3ccccc3)C2c2ccc(N(C)C)cc2)cc1. The van der Waals surface area contributed by atoms with Crippen molar-refractivity contribution in [3.8, 4) is 5.75 Å². The first kappa shape index (κ1) is 22.1. The van der Waals surface area contributed by atoms with E-state index in [1.807, 2.05) is 68.4 Å². The largest absolute Gasteiger partial charge is 0.507 e. The van der Waals surface area contributed by atoms with Crippen molar-refractivity contribution in [3.63, 3.8) is 0 Å². The predicted molar refractivity (Wildman–Crippen MR) is 130 cm³/mol. The van der Waals surface area contributed by atoms with E-state index >= 15 is 0 Å². The highest BCUT2D eigenvalue weighted by molar-refractivity contribution is 6.51. The quantitative estimate of drug-likeness (QED) is 0.338. The number of aliphatic hydroxyl groups is 1. The Labute approximate surface area is 193 Å². The maximum atomic E-state index is 13.2. The van der Waals surface area contributed by atoms with Crippen LogP contribution in [0.5, 0.6) is 5.75 Å². The minimum Gasteiger partial charge on any atom is -0.507 e. The van der Waals surface area contributed by atoms with Crippen molar-refractivity contribution < 1.29 is 19.4 Å². The zero-order valence-corrected chi connectivity index (χ0v) is 18.9. The zero-order chi connectivity index (χ0) is 23.5. The summed E-state index contributed by atoms with van der Waals surface area (Å²) in [6.07, 6.45) is 0. The van der Waals surface area contributed by atoms with Gasteiger partial charge in [0, 0.05) is 31.0 Å². The van der Waals surface area contributed by atoms with Crippen molar-refractivity contribution in [2.24, 2.45) is 0 Å². The Balaban J connectivity index is 1.87. The van der Waals surface area contributed by atoms with Crippen LogP contribution in [-0.4, -0.2) is 37.5 Å². The number of ketones is 1.